The Bertz CT molecular complexity index is 1160. The average Bonchev–Trinajstić information content (AvgIpc) is 2.80. The molecule has 8 heteroatoms. The first-order valence-corrected chi connectivity index (χ1v) is 12.1. The Morgan fingerprint density at radius 1 is 0.909 bits per heavy atom. The number of nitrogens with one attached hydrogen (secondary N) is 2. The Labute approximate surface area is 194 Å². The number of sulfonamides is 1. The molecule has 0 saturated carbocycles. The fraction of sp³-hybridized carbons (Fsp3) is 0.240. The van der Waals surface area contributed by atoms with Crippen LogP contribution >= 0.6 is 0 Å². The van der Waals surface area contributed by atoms with Crippen LogP contribution in [-0.2, 0) is 21.2 Å². The van der Waals surface area contributed by atoms with Crippen molar-refractivity contribution < 1.29 is 17.6 Å². The minimum atomic E-state index is -4.26. The molecule has 0 aliphatic carbocycles. The van der Waals surface area contributed by atoms with Crippen LogP contribution in [0.5, 0.6) is 0 Å². The Morgan fingerprint density at radius 3 is 2.09 bits per heavy atom. The molecule has 0 radical (unpaired) electrons. The second-order valence-electron chi connectivity index (χ2n) is 7.93. The predicted octanol–water partition coefficient (Wildman–Crippen LogP) is 3.13. The number of likely N-dealkylation sites (N-methyl/N-ethyl adjacent to an activating group) is 1. The normalized spacial score (nSPS) is 13.5. The highest BCUT2D eigenvalue weighted by Gasteiger charge is 2.28. The highest BCUT2D eigenvalue weighted by molar-refractivity contribution is 7.89. The van der Waals surface area contributed by atoms with Gasteiger partial charge in [0.2, 0.25) is 15.9 Å². The Kier molecular flexibility index (Phi) is 8.32. The molecule has 0 bridgehead atoms. The molecule has 2 atom stereocenters. The molecule has 0 aromatic heterocycles. The molecular weight excluding hydrogens is 441 g/mol. The molecule has 2 N–H and O–H groups in total. The van der Waals surface area contributed by atoms with Gasteiger partial charge in [0, 0.05) is 6.54 Å². The summed E-state index contributed by atoms with van der Waals surface area (Å²) < 4.78 is 42.3. The van der Waals surface area contributed by atoms with Crippen molar-refractivity contribution in [3.8, 4) is 0 Å². The summed E-state index contributed by atoms with van der Waals surface area (Å²) in [5, 5.41) is 2.87. The summed E-state index contributed by atoms with van der Waals surface area (Å²) in [6, 6.07) is 22.7. The van der Waals surface area contributed by atoms with Gasteiger partial charge in [0.15, 0.2) is 0 Å². The third-order valence-electron chi connectivity index (χ3n) is 5.30. The molecule has 174 valence electrons. The summed E-state index contributed by atoms with van der Waals surface area (Å²) >= 11 is 0. The summed E-state index contributed by atoms with van der Waals surface area (Å²) in [7, 11) is -0.441. The predicted molar refractivity (Wildman–Crippen MR) is 127 cm³/mol. The lowest BCUT2D eigenvalue weighted by molar-refractivity contribution is -0.122. The van der Waals surface area contributed by atoms with Crippen LogP contribution in [0.1, 0.15) is 17.2 Å². The molecule has 0 unspecified atom stereocenters. The van der Waals surface area contributed by atoms with Gasteiger partial charge in [-0.05, 0) is 43.8 Å². The van der Waals surface area contributed by atoms with E-state index in [-0.39, 0.29) is 19.0 Å². The molecular formula is C25H28FN3O3S. The molecule has 33 heavy (non-hydrogen) atoms. The first-order chi connectivity index (χ1) is 15.8. The summed E-state index contributed by atoms with van der Waals surface area (Å²) in [4.78, 5) is 14.6. The van der Waals surface area contributed by atoms with Crippen LogP contribution in [0.2, 0.25) is 0 Å². The van der Waals surface area contributed by atoms with Crippen LogP contribution in [0.3, 0.4) is 0 Å². The van der Waals surface area contributed by atoms with E-state index in [0.29, 0.717) is 0 Å². The lowest BCUT2D eigenvalue weighted by atomic mass is 10.0. The van der Waals surface area contributed by atoms with Crippen molar-refractivity contribution in [3.05, 3.63) is 102 Å². The second kappa shape index (κ2) is 11.2. The van der Waals surface area contributed by atoms with Gasteiger partial charge in [0.1, 0.15) is 16.8 Å². The van der Waals surface area contributed by atoms with Crippen molar-refractivity contribution in [1.29, 1.82) is 0 Å². The van der Waals surface area contributed by atoms with E-state index in [1.807, 2.05) is 79.7 Å². The molecule has 6 nitrogen and oxygen atoms in total. The van der Waals surface area contributed by atoms with Crippen molar-refractivity contribution in [2.45, 2.75) is 23.4 Å². The Morgan fingerprint density at radius 2 is 1.48 bits per heavy atom. The minimum Gasteiger partial charge on any atom is -0.353 e. The number of carbonyl (C=O) groups is 1. The molecule has 0 aliphatic heterocycles. The van der Waals surface area contributed by atoms with Crippen LogP contribution < -0.4 is 10.0 Å². The number of halogens is 1. The number of benzene rings is 3. The highest BCUT2D eigenvalue weighted by atomic mass is 32.2. The SMILES string of the molecule is CN(C)[C@@H](CNC(=O)[C@@H](Cc1ccccc1)NS(=O)(=O)c1ccccc1F)c1ccccc1. The van der Waals surface area contributed by atoms with E-state index in [1.54, 1.807) is 0 Å². The zero-order chi connectivity index (χ0) is 23.8. The maximum atomic E-state index is 14.2. The summed E-state index contributed by atoms with van der Waals surface area (Å²) in [6.07, 6.45) is 0.123. The molecule has 0 saturated heterocycles. The van der Waals surface area contributed by atoms with Gasteiger partial charge in [0.05, 0.1) is 6.04 Å². The van der Waals surface area contributed by atoms with Gasteiger partial charge >= 0.3 is 0 Å². The van der Waals surface area contributed by atoms with Gasteiger partial charge < -0.3 is 10.2 Å². The summed E-state index contributed by atoms with van der Waals surface area (Å²) in [5.74, 6) is -1.36. The van der Waals surface area contributed by atoms with Gasteiger partial charge in [-0.2, -0.15) is 4.72 Å². The number of hydrogen-bond donors (Lipinski definition) is 2. The van der Waals surface area contributed by atoms with Crippen LogP contribution in [0.15, 0.2) is 89.8 Å². The minimum absolute atomic E-state index is 0.101. The van der Waals surface area contributed by atoms with E-state index in [2.05, 4.69) is 10.0 Å². The number of amides is 1. The largest absolute Gasteiger partial charge is 0.353 e. The van der Waals surface area contributed by atoms with E-state index >= 15 is 0 Å². The first-order valence-electron chi connectivity index (χ1n) is 10.6. The fourth-order valence-electron chi connectivity index (χ4n) is 3.55. The second-order valence-corrected chi connectivity index (χ2v) is 9.61. The Hall–Kier alpha value is -3.07. The maximum Gasteiger partial charge on any atom is 0.244 e. The van der Waals surface area contributed by atoms with Gasteiger partial charge in [-0.25, -0.2) is 12.8 Å². The zero-order valence-electron chi connectivity index (χ0n) is 18.6. The zero-order valence-corrected chi connectivity index (χ0v) is 19.4. The Balaban J connectivity index is 1.81. The van der Waals surface area contributed by atoms with Gasteiger partial charge in [-0.3, -0.25) is 4.79 Å². The molecule has 0 heterocycles. The van der Waals surface area contributed by atoms with Crippen molar-refractivity contribution >= 4 is 15.9 Å². The van der Waals surface area contributed by atoms with Gasteiger partial charge in [-0.1, -0.05) is 72.8 Å². The van der Waals surface area contributed by atoms with E-state index in [1.165, 1.54) is 18.2 Å². The molecule has 0 spiro atoms. The van der Waals surface area contributed by atoms with Crippen molar-refractivity contribution in [3.63, 3.8) is 0 Å². The lowest BCUT2D eigenvalue weighted by Crippen LogP contribution is -2.49. The third kappa shape index (κ3) is 6.71. The lowest BCUT2D eigenvalue weighted by Gasteiger charge is -2.26. The number of rotatable bonds is 10. The first kappa shape index (κ1) is 24.6. The van der Waals surface area contributed by atoms with Crippen LogP contribution in [0.4, 0.5) is 4.39 Å². The number of nitrogens with zero attached hydrogens (tertiary/aromatic N) is 1. The van der Waals surface area contributed by atoms with E-state index in [4.69, 9.17) is 0 Å². The number of hydrogen-bond acceptors (Lipinski definition) is 4. The van der Waals surface area contributed by atoms with E-state index in [9.17, 15) is 17.6 Å². The van der Waals surface area contributed by atoms with E-state index < -0.39 is 32.7 Å². The van der Waals surface area contributed by atoms with Crippen molar-refractivity contribution in [1.82, 2.24) is 14.9 Å². The highest BCUT2D eigenvalue weighted by Crippen LogP contribution is 2.18. The third-order valence-corrected chi connectivity index (χ3v) is 6.80. The summed E-state index contributed by atoms with van der Waals surface area (Å²) in [6.45, 7) is 0.280. The quantitative estimate of drug-likeness (QED) is 0.478. The van der Waals surface area contributed by atoms with Crippen LogP contribution in [-0.4, -0.2) is 45.9 Å². The molecule has 1 amide bonds. The van der Waals surface area contributed by atoms with Crippen molar-refractivity contribution in [2.75, 3.05) is 20.6 Å². The van der Waals surface area contributed by atoms with Gasteiger partial charge in [-0.15, -0.1) is 0 Å². The van der Waals surface area contributed by atoms with E-state index in [0.717, 1.165) is 17.2 Å². The monoisotopic (exact) mass is 469 g/mol. The smallest absolute Gasteiger partial charge is 0.244 e. The summed E-state index contributed by atoms with van der Waals surface area (Å²) in [5.41, 5.74) is 1.80. The molecule has 0 fully saturated rings. The van der Waals surface area contributed by atoms with Crippen molar-refractivity contribution in [2.24, 2.45) is 0 Å². The molecule has 3 aromatic rings. The average molecular weight is 470 g/mol. The molecule has 3 rings (SSSR count). The number of carbonyl (C=O) groups excluding carboxylic acids is 1. The van der Waals surface area contributed by atoms with Crippen LogP contribution in [0.25, 0.3) is 0 Å². The van der Waals surface area contributed by atoms with Crippen LogP contribution in [0, 0.1) is 5.82 Å². The standard InChI is InChI=1S/C25H28FN3O3S/c1-29(2)23(20-13-7-4-8-14-20)18-27-25(30)22(17-19-11-5-3-6-12-19)28-33(31,32)24-16-10-9-15-21(24)26/h3-16,22-23,28H,17-18H2,1-2H3,(H,27,30)/t22-,23+/m1/s1. The topological polar surface area (TPSA) is 78.5 Å². The molecule has 3 aromatic carbocycles. The fourth-order valence-corrected chi connectivity index (χ4v) is 4.82. The maximum absolute atomic E-state index is 14.2. The molecule has 0 aliphatic rings. The van der Waals surface area contributed by atoms with Gasteiger partial charge in [0.25, 0.3) is 0 Å².